The van der Waals surface area contributed by atoms with E-state index in [1.807, 2.05) is 0 Å². The molecule has 0 radical (unpaired) electrons. The molecule has 2 aliphatic rings. The summed E-state index contributed by atoms with van der Waals surface area (Å²) < 4.78 is 5.61. The lowest BCUT2D eigenvalue weighted by molar-refractivity contribution is 0.122. The van der Waals surface area contributed by atoms with Crippen LogP contribution in [0.4, 0.5) is 0 Å². The van der Waals surface area contributed by atoms with Crippen LogP contribution in [0.3, 0.4) is 0 Å². The predicted molar refractivity (Wildman–Crippen MR) is 75.9 cm³/mol. The second-order valence-corrected chi connectivity index (χ2v) is 5.96. The fourth-order valence-electron chi connectivity index (χ4n) is 2.64. The van der Waals surface area contributed by atoms with E-state index in [0.717, 1.165) is 31.6 Å². The second kappa shape index (κ2) is 8.89. The van der Waals surface area contributed by atoms with Crippen LogP contribution >= 0.6 is 0 Å². The summed E-state index contributed by atoms with van der Waals surface area (Å²) in [6.07, 6.45) is 9.48. The van der Waals surface area contributed by atoms with Gasteiger partial charge in [0.05, 0.1) is 0 Å². The predicted octanol–water partition coefficient (Wildman–Crippen LogP) is 2.17. The zero-order valence-electron chi connectivity index (χ0n) is 11.8. The van der Waals surface area contributed by atoms with Gasteiger partial charge in [-0.3, -0.25) is 0 Å². The molecule has 1 aliphatic heterocycles. The zero-order valence-corrected chi connectivity index (χ0v) is 11.8. The summed E-state index contributed by atoms with van der Waals surface area (Å²) in [6, 6.07) is 0. The molecule has 0 atom stereocenters. The molecule has 0 aromatic rings. The molecule has 1 heterocycles. The third-order valence-corrected chi connectivity index (χ3v) is 4.12. The monoisotopic (exact) mass is 254 g/mol. The Hall–Kier alpha value is -0.120. The fraction of sp³-hybridized carbons (Fsp3) is 1.00. The molecule has 3 heteroatoms. The Morgan fingerprint density at radius 1 is 0.944 bits per heavy atom. The van der Waals surface area contributed by atoms with E-state index in [1.165, 1.54) is 64.6 Å². The molecule has 0 amide bonds. The van der Waals surface area contributed by atoms with E-state index >= 15 is 0 Å². The number of nitrogens with one attached hydrogen (secondary N) is 2. The zero-order chi connectivity index (χ0) is 12.5. The molecular formula is C15H30N2O. The Bertz CT molecular complexity index is 201. The van der Waals surface area contributed by atoms with Gasteiger partial charge in [0.25, 0.3) is 0 Å². The van der Waals surface area contributed by atoms with Gasteiger partial charge in [0.15, 0.2) is 0 Å². The SMILES string of the molecule is C(CNCCCC1CCNCC1)COCC1CC1. The summed E-state index contributed by atoms with van der Waals surface area (Å²) in [6.45, 7) is 6.73. The number of rotatable bonds is 10. The topological polar surface area (TPSA) is 33.3 Å². The van der Waals surface area contributed by atoms with Gasteiger partial charge in [-0.15, -0.1) is 0 Å². The highest BCUT2D eigenvalue weighted by atomic mass is 16.5. The number of hydrogen-bond acceptors (Lipinski definition) is 3. The van der Waals surface area contributed by atoms with Gasteiger partial charge >= 0.3 is 0 Å². The van der Waals surface area contributed by atoms with Crippen LogP contribution < -0.4 is 10.6 Å². The summed E-state index contributed by atoms with van der Waals surface area (Å²) in [7, 11) is 0. The van der Waals surface area contributed by atoms with Crippen molar-refractivity contribution in [3.05, 3.63) is 0 Å². The summed E-state index contributed by atoms with van der Waals surface area (Å²) in [5.74, 6) is 1.89. The molecule has 2 N–H and O–H groups in total. The Labute approximate surface area is 112 Å². The van der Waals surface area contributed by atoms with Crippen molar-refractivity contribution in [2.75, 3.05) is 39.4 Å². The normalized spacial score (nSPS) is 21.3. The maximum absolute atomic E-state index is 5.61. The van der Waals surface area contributed by atoms with Crippen molar-refractivity contribution in [1.29, 1.82) is 0 Å². The minimum Gasteiger partial charge on any atom is -0.381 e. The van der Waals surface area contributed by atoms with Gasteiger partial charge in [0.1, 0.15) is 0 Å². The average molecular weight is 254 g/mol. The molecule has 1 saturated carbocycles. The lowest BCUT2D eigenvalue weighted by Gasteiger charge is -2.22. The minimum atomic E-state index is 0.906. The molecule has 1 aliphatic carbocycles. The van der Waals surface area contributed by atoms with Gasteiger partial charge in [-0.1, -0.05) is 0 Å². The number of hydrogen-bond donors (Lipinski definition) is 2. The van der Waals surface area contributed by atoms with Crippen LogP contribution in [0, 0.1) is 11.8 Å². The smallest absolute Gasteiger partial charge is 0.0494 e. The van der Waals surface area contributed by atoms with E-state index in [2.05, 4.69) is 10.6 Å². The maximum Gasteiger partial charge on any atom is 0.0494 e. The Morgan fingerprint density at radius 3 is 2.50 bits per heavy atom. The van der Waals surface area contributed by atoms with Crippen molar-refractivity contribution in [3.8, 4) is 0 Å². The molecule has 0 bridgehead atoms. The molecule has 0 aromatic heterocycles. The van der Waals surface area contributed by atoms with E-state index in [1.54, 1.807) is 0 Å². The molecule has 0 unspecified atom stereocenters. The van der Waals surface area contributed by atoms with Crippen LogP contribution in [0.5, 0.6) is 0 Å². The van der Waals surface area contributed by atoms with Crippen molar-refractivity contribution >= 4 is 0 Å². The van der Waals surface area contributed by atoms with Crippen LogP contribution in [-0.4, -0.2) is 39.4 Å². The van der Waals surface area contributed by atoms with E-state index < -0.39 is 0 Å². The van der Waals surface area contributed by atoms with E-state index in [9.17, 15) is 0 Å². The second-order valence-electron chi connectivity index (χ2n) is 5.96. The van der Waals surface area contributed by atoms with Gasteiger partial charge in [-0.25, -0.2) is 0 Å². The number of ether oxygens (including phenoxy) is 1. The minimum absolute atomic E-state index is 0.906. The molecule has 3 nitrogen and oxygen atoms in total. The van der Waals surface area contributed by atoms with Crippen molar-refractivity contribution in [2.24, 2.45) is 11.8 Å². The van der Waals surface area contributed by atoms with Crippen LogP contribution in [0.25, 0.3) is 0 Å². The molecule has 2 fully saturated rings. The van der Waals surface area contributed by atoms with E-state index in [4.69, 9.17) is 4.74 Å². The Kier molecular flexibility index (Phi) is 7.06. The highest BCUT2D eigenvalue weighted by molar-refractivity contribution is 4.72. The lowest BCUT2D eigenvalue weighted by atomic mass is 9.93. The molecular weight excluding hydrogens is 224 g/mol. The summed E-state index contributed by atoms with van der Waals surface area (Å²) in [4.78, 5) is 0. The molecule has 18 heavy (non-hydrogen) atoms. The largest absolute Gasteiger partial charge is 0.381 e. The first-order chi connectivity index (χ1) is 8.95. The van der Waals surface area contributed by atoms with Crippen molar-refractivity contribution in [2.45, 2.75) is 44.9 Å². The standard InChI is InChI=1S/C15H30N2O/c1(3-14-6-10-17-11-7-14)8-16-9-2-12-18-13-15-4-5-15/h14-17H,1-13H2. The first-order valence-electron chi connectivity index (χ1n) is 7.94. The van der Waals surface area contributed by atoms with Crippen LogP contribution in [0.2, 0.25) is 0 Å². The van der Waals surface area contributed by atoms with Crippen LogP contribution in [0.1, 0.15) is 44.9 Å². The molecule has 0 aromatic carbocycles. The highest BCUT2D eigenvalue weighted by Gasteiger charge is 2.20. The van der Waals surface area contributed by atoms with Crippen molar-refractivity contribution < 1.29 is 4.74 Å². The number of piperidine rings is 1. The third kappa shape index (κ3) is 6.72. The van der Waals surface area contributed by atoms with Gasteiger partial charge < -0.3 is 15.4 Å². The molecule has 106 valence electrons. The molecule has 2 rings (SSSR count). The van der Waals surface area contributed by atoms with Gasteiger partial charge in [0, 0.05) is 13.2 Å². The highest BCUT2D eigenvalue weighted by Crippen LogP contribution is 2.28. The van der Waals surface area contributed by atoms with Crippen LogP contribution in [0.15, 0.2) is 0 Å². The summed E-state index contributed by atoms with van der Waals surface area (Å²) >= 11 is 0. The molecule has 0 spiro atoms. The first kappa shape index (κ1) is 14.3. The lowest BCUT2D eigenvalue weighted by Crippen LogP contribution is -2.28. The maximum atomic E-state index is 5.61. The first-order valence-corrected chi connectivity index (χ1v) is 7.94. The van der Waals surface area contributed by atoms with Crippen molar-refractivity contribution in [1.82, 2.24) is 10.6 Å². The quantitative estimate of drug-likeness (QED) is 0.586. The fourth-order valence-corrected chi connectivity index (χ4v) is 2.64. The Balaban J connectivity index is 1.28. The van der Waals surface area contributed by atoms with Crippen molar-refractivity contribution in [3.63, 3.8) is 0 Å². The summed E-state index contributed by atoms with van der Waals surface area (Å²) in [5, 5.41) is 6.96. The average Bonchev–Trinajstić information content (AvgIpc) is 3.22. The van der Waals surface area contributed by atoms with Gasteiger partial charge in [-0.05, 0) is 83.0 Å². The van der Waals surface area contributed by atoms with E-state index in [-0.39, 0.29) is 0 Å². The Morgan fingerprint density at radius 2 is 1.72 bits per heavy atom. The van der Waals surface area contributed by atoms with Gasteiger partial charge in [0.2, 0.25) is 0 Å². The molecule has 1 saturated heterocycles. The summed E-state index contributed by atoms with van der Waals surface area (Å²) in [5.41, 5.74) is 0. The van der Waals surface area contributed by atoms with Gasteiger partial charge in [-0.2, -0.15) is 0 Å². The third-order valence-electron chi connectivity index (χ3n) is 4.12. The van der Waals surface area contributed by atoms with Crippen LogP contribution in [-0.2, 0) is 4.74 Å². The van der Waals surface area contributed by atoms with E-state index in [0.29, 0.717) is 0 Å².